The van der Waals surface area contributed by atoms with Crippen molar-refractivity contribution in [1.82, 2.24) is 14.5 Å². The fourth-order valence-electron chi connectivity index (χ4n) is 4.85. The summed E-state index contributed by atoms with van der Waals surface area (Å²) in [6.45, 7) is 0. The Bertz CT molecular complexity index is 1930. The number of fused-ring (bicyclic) bond motifs is 4. The minimum Gasteiger partial charge on any atom is -0.506 e. The van der Waals surface area contributed by atoms with Gasteiger partial charge in [-0.25, -0.2) is 9.97 Å². The molecule has 0 aliphatic carbocycles. The smallest absolute Gasteiger partial charge is 0.217 e. The summed E-state index contributed by atoms with van der Waals surface area (Å²) >= 11 is 0. The van der Waals surface area contributed by atoms with Gasteiger partial charge in [-0.1, -0.05) is 66.2 Å². The summed E-state index contributed by atoms with van der Waals surface area (Å²) in [7, 11) is 0. The molecule has 0 saturated heterocycles. The summed E-state index contributed by atoms with van der Waals surface area (Å²) < 4.78 is 8.28. The van der Waals surface area contributed by atoms with Crippen molar-refractivity contribution in [2.24, 2.45) is 0 Å². The first kappa shape index (κ1) is 23.9. The van der Waals surface area contributed by atoms with Gasteiger partial charge in [0.15, 0.2) is 0 Å². The van der Waals surface area contributed by atoms with Gasteiger partial charge in [0.1, 0.15) is 17.1 Å². The number of aromatic nitrogens is 3. The largest absolute Gasteiger partial charge is 0.506 e. The normalized spacial score (nSPS) is 11.1. The summed E-state index contributed by atoms with van der Waals surface area (Å²) in [6.07, 6.45) is 1.81. The standard InChI is InChI=1S/C32H20N3O2.Pt/c36-29-14-6-10-22-15-18-30(34-31(22)29)37-23-16-17-26-25-11-4-5-13-27(25)35(28(26)20-23)32-24(12-7-19-33-32)21-8-2-1-3-9-21;/h1-19,36H;/q-1;. The third-order valence-electron chi connectivity index (χ3n) is 6.53. The van der Waals surface area contributed by atoms with Gasteiger partial charge in [0.25, 0.3) is 0 Å². The zero-order chi connectivity index (χ0) is 24.8. The molecule has 0 aliphatic rings. The molecule has 0 bridgehead atoms. The van der Waals surface area contributed by atoms with E-state index in [-0.39, 0.29) is 26.8 Å². The van der Waals surface area contributed by atoms with Crippen molar-refractivity contribution < 1.29 is 30.9 Å². The molecule has 1 N–H and O–H groups in total. The van der Waals surface area contributed by atoms with E-state index in [2.05, 4.69) is 45.9 Å². The van der Waals surface area contributed by atoms with Gasteiger partial charge in [-0.05, 0) is 41.3 Å². The number of phenolic OH excluding ortho intramolecular Hbond substituents is 1. The van der Waals surface area contributed by atoms with E-state index in [9.17, 15) is 5.11 Å². The third-order valence-corrected chi connectivity index (χ3v) is 6.53. The van der Waals surface area contributed by atoms with Crippen LogP contribution >= 0.6 is 0 Å². The second-order valence-electron chi connectivity index (χ2n) is 8.78. The monoisotopic (exact) mass is 673 g/mol. The Morgan fingerprint density at radius 3 is 2.47 bits per heavy atom. The number of ether oxygens (including phenoxy) is 1. The molecule has 0 atom stereocenters. The van der Waals surface area contributed by atoms with E-state index in [1.54, 1.807) is 18.2 Å². The minimum atomic E-state index is 0. The van der Waals surface area contributed by atoms with Gasteiger partial charge in [-0.15, -0.1) is 17.5 Å². The molecule has 0 saturated carbocycles. The van der Waals surface area contributed by atoms with E-state index >= 15 is 0 Å². The third kappa shape index (κ3) is 4.02. The molecule has 7 rings (SSSR count). The van der Waals surface area contributed by atoms with Gasteiger partial charge in [-0.2, -0.15) is 6.07 Å². The van der Waals surface area contributed by atoms with Crippen LogP contribution in [0.2, 0.25) is 0 Å². The van der Waals surface area contributed by atoms with Gasteiger partial charge < -0.3 is 14.4 Å². The van der Waals surface area contributed by atoms with E-state index in [4.69, 9.17) is 9.72 Å². The molecule has 0 amide bonds. The maximum atomic E-state index is 10.2. The number of aromatic hydroxyl groups is 1. The number of pyridine rings is 2. The van der Waals surface area contributed by atoms with Gasteiger partial charge in [-0.3, -0.25) is 0 Å². The summed E-state index contributed by atoms with van der Waals surface area (Å²) in [6, 6.07) is 39.0. The van der Waals surface area contributed by atoms with E-state index in [0.717, 1.165) is 44.1 Å². The van der Waals surface area contributed by atoms with E-state index in [1.807, 2.05) is 66.9 Å². The Morgan fingerprint density at radius 2 is 1.58 bits per heavy atom. The molecule has 6 heteroatoms. The SMILES string of the molecule is Oc1cccc2ccc(Oc3[c-]c4c(cc3)c3ccccc3n4-c3ncccc3-c3ccccc3)nc12.[Pt]. The van der Waals surface area contributed by atoms with Crippen LogP contribution in [0.4, 0.5) is 0 Å². The summed E-state index contributed by atoms with van der Waals surface area (Å²) in [4.78, 5) is 9.33. The van der Waals surface area contributed by atoms with E-state index < -0.39 is 0 Å². The fraction of sp³-hybridized carbons (Fsp3) is 0. The van der Waals surface area contributed by atoms with Crippen LogP contribution in [0, 0.1) is 6.07 Å². The Labute approximate surface area is 233 Å². The van der Waals surface area contributed by atoms with Crippen LogP contribution in [0.25, 0.3) is 49.7 Å². The molecule has 0 unspecified atom stereocenters. The maximum absolute atomic E-state index is 10.2. The molecular formula is C32H20N3O2Pt-. The van der Waals surface area contributed by atoms with Crippen LogP contribution in [0.3, 0.4) is 0 Å². The Kier molecular flexibility index (Phi) is 6.14. The number of hydrogen-bond acceptors (Lipinski definition) is 4. The van der Waals surface area contributed by atoms with Crippen molar-refractivity contribution >= 4 is 32.7 Å². The second-order valence-corrected chi connectivity index (χ2v) is 8.78. The first-order chi connectivity index (χ1) is 18.3. The van der Waals surface area contributed by atoms with Crippen LogP contribution in [-0.4, -0.2) is 19.6 Å². The Balaban J connectivity index is 0.00000264. The molecule has 3 aromatic heterocycles. The molecule has 7 aromatic rings. The Hall–Kier alpha value is -4.47. The molecule has 0 fully saturated rings. The predicted molar refractivity (Wildman–Crippen MR) is 146 cm³/mol. The van der Waals surface area contributed by atoms with Gasteiger partial charge >= 0.3 is 0 Å². The molecule has 0 spiro atoms. The topological polar surface area (TPSA) is 60.2 Å². The summed E-state index contributed by atoms with van der Waals surface area (Å²) in [5.41, 5.74) is 4.51. The maximum Gasteiger partial charge on any atom is 0.217 e. The first-order valence-electron chi connectivity index (χ1n) is 12.0. The van der Waals surface area contributed by atoms with Crippen LogP contribution in [-0.2, 0) is 21.1 Å². The van der Waals surface area contributed by atoms with Crippen molar-refractivity contribution in [2.45, 2.75) is 0 Å². The van der Waals surface area contributed by atoms with Crippen LogP contribution < -0.4 is 4.74 Å². The van der Waals surface area contributed by atoms with Crippen molar-refractivity contribution in [3.63, 3.8) is 0 Å². The van der Waals surface area contributed by atoms with E-state index in [0.29, 0.717) is 17.1 Å². The molecule has 0 aliphatic heterocycles. The predicted octanol–water partition coefficient (Wildman–Crippen LogP) is 7.69. The first-order valence-corrected chi connectivity index (χ1v) is 12.0. The average Bonchev–Trinajstić information content (AvgIpc) is 3.27. The van der Waals surface area contributed by atoms with Crippen molar-refractivity contribution in [2.75, 3.05) is 0 Å². The number of para-hydroxylation sites is 2. The quantitative estimate of drug-likeness (QED) is 0.195. The number of nitrogens with zero attached hydrogens (tertiary/aromatic N) is 3. The minimum absolute atomic E-state index is 0. The fourth-order valence-corrected chi connectivity index (χ4v) is 4.85. The van der Waals surface area contributed by atoms with Crippen LogP contribution in [0.1, 0.15) is 0 Å². The number of hydrogen-bond donors (Lipinski definition) is 1. The molecule has 4 aromatic carbocycles. The second kappa shape index (κ2) is 9.77. The Morgan fingerprint density at radius 1 is 0.737 bits per heavy atom. The van der Waals surface area contributed by atoms with E-state index in [1.165, 1.54) is 0 Å². The van der Waals surface area contributed by atoms with Gasteiger partial charge in [0.05, 0.1) is 0 Å². The van der Waals surface area contributed by atoms with Crippen LogP contribution in [0.5, 0.6) is 17.4 Å². The van der Waals surface area contributed by atoms with Crippen LogP contribution in [0.15, 0.2) is 115 Å². The summed E-state index contributed by atoms with van der Waals surface area (Å²) in [5, 5.41) is 13.2. The summed E-state index contributed by atoms with van der Waals surface area (Å²) in [5.74, 6) is 1.85. The van der Waals surface area contributed by atoms with Crippen molar-refractivity contribution in [3.05, 3.63) is 121 Å². The molecule has 38 heavy (non-hydrogen) atoms. The number of benzene rings is 4. The van der Waals surface area contributed by atoms with Crippen molar-refractivity contribution in [3.8, 4) is 34.3 Å². The molecule has 186 valence electrons. The number of rotatable bonds is 4. The molecule has 0 radical (unpaired) electrons. The zero-order valence-electron chi connectivity index (χ0n) is 20.0. The molecular weight excluding hydrogens is 653 g/mol. The number of phenols is 1. The zero-order valence-corrected chi connectivity index (χ0v) is 22.3. The van der Waals surface area contributed by atoms with Gasteiger partial charge in [0, 0.05) is 55.5 Å². The molecule has 3 heterocycles. The average molecular weight is 674 g/mol. The van der Waals surface area contributed by atoms with Gasteiger partial charge in [0.2, 0.25) is 5.88 Å². The van der Waals surface area contributed by atoms with Crippen molar-refractivity contribution in [1.29, 1.82) is 0 Å². The molecule has 5 nitrogen and oxygen atoms in total.